The zero-order valence-corrected chi connectivity index (χ0v) is 11.7. The van der Waals surface area contributed by atoms with Gasteiger partial charge in [-0.3, -0.25) is 0 Å². The van der Waals surface area contributed by atoms with Crippen LogP contribution >= 0.6 is 0 Å². The van der Waals surface area contributed by atoms with Gasteiger partial charge in [-0.1, -0.05) is 13.8 Å². The van der Waals surface area contributed by atoms with Crippen molar-refractivity contribution in [1.29, 1.82) is 0 Å². The lowest BCUT2D eigenvalue weighted by atomic mass is 10.2. The number of ether oxygens (including phenoxy) is 1. The average Bonchev–Trinajstić information content (AvgIpc) is 2.96. The van der Waals surface area contributed by atoms with Crippen LogP contribution in [0.15, 0.2) is 18.5 Å². The highest BCUT2D eigenvalue weighted by molar-refractivity contribution is 5.09. The molecule has 1 aliphatic heterocycles. The smallest absolute Gasteiger partial charge is 0.0593 e. The van der Waals surface area contributed by atoms with Crippen molar-refractivity contribution in [2.45, 2.75) is 52.3 Å². The van der Waals surface area contributed by atoms with Crippen LogP contribution in [0, 0.1) is 5.92 Å². The van der Waals surface area contributed by atoms with Gasteiger partial charge in [0, 0.05) is 32.1 Å². The second-order valence-electron chi connectivity index (χ2n) is 5.71. The summed E-state index contributed by atoms with van der Waals surface area (Å²) in [4.78, 5) is 0. The molecule has 0 aliphatic carbocycles. The maximum atomic E-state index is 5.65. The monoisotopic (exact) mass is 250 g/mol. The Kier molecular flexibility index (Phi) is 5.26. The summed E-state index contributed by atoms with van der Waals surface area (Å²) in [5, 5.41) is 3.47. The van der Waals surface area contributed by atoms with Gasteiger partial charge in [-0.05, 0) is 43.4 Å². The normalized spacial score (nSPS) is 19.8. The molecule has 0 bridgehead atoms. The quantitative estimate of drug-likeness (QED) is 0.805. The largest absolute Gasteiger partial charge is 0.378 e. The Morgan fingerprint density at radius 3 is 3.11 bits per heavy atom. The van der Waals surface area contributed by atoms with E-state index in [9.17, 15) is 0 Å². The van der Waals surface area contributed by atoms with Crippen LogP contribution in [0.4, 0.5) is 0 Å². The Morgan fingerprint density at radius 2 is 2.39 bits per heavy atom. The Labute approximate surface area is 111 Å². The van der Waals surface area contributed by atoms with Crippen LogP contribution in [-0.4, -0.2) is 23.8 Å². The van der Waals surface area contributed by atoms with E-state index in [1.807, 2.05) is 0 Å². The third-order valence-corrected chi connectivity index (χ3v) is 3.43. The van der Waals surface area contributed by atoms with E-state index in [4.69, 9.17) is 4.74 Å². The summed E-state index contributed by atoms with van der Waals surface area (Å²) in [5.41, 5.74) is 1.38. The van der Waals surface area contributed by atoms with E-state index in [2.05, 4.69) is 42.2 Å². The molecule has 18 heavy (non-hydrogen) atoms. The molecule has 1 saturated heterocycles. The summed E-state index contributed by atoms with van der Waals surface area (Å²) in [6.07, 6.45) is 8.55. The van der Waals surface area contributed by atoms with Gasteiger partial charge in [-0.2, -0.15) is 0 Å². The number of aromatic nitrogens is 1. The van der Waals surface area contributed by atoms with Crippen LogP contribution < -0.4 is 5.32 Å². The molecular weight excluding hydrogens is 224 g/mol. The summed E-state index contributed by atoms with van der Waals surface area (Å²) < 4.78 is 7.93. The molecule has 3 nitrogen and oxygen atoms in total. The van der Waals surface area contributed by atoms with E-state index < -0.39 is 0 Å². The minimum Gasteiger partial charge on any atom is -0.378 e. The van der Waals surface area contributed by atoms with Gasteiger partial charge in [0.05, 0.1) is 6.10 Å². The number of rotatable bonds is 7. The van der Waals surface area contributed by atoms with Crippen molar-refractivity contribution in [2.24, 2.45) is 5.92 Å². The molecule has 2 heterocycles. The lowest BCUT2D eigenvalue weighted by molar-refractivity contribution is 0.100. The van der Waals surface area contributed by atoms with Gasteiger partial charge in [-0.25, -0.2) is 0 Å². The molecular formula is C15H26N2O. The van der Waals surface area contributed by atoms with Crippen molar-refractivity contribution in [3.8, 4) is 0 Å². The third-order valence-electron chi connectivity index (χ3n) is 3.43. The lowest BCUT2D eigenvalue weighted by Gasteiger charge is -2.09. The molecule has 1 aromatic rings. The molecule has 1 atom stereocenters. The molecule has 0 amide bonds. The van der Waals surface area contributed by atoms with E-state index in [1.54, 1.807) is 0 Å². The molecule has 102 valence electrons. The fraction of sp³-hybridized carbons (Fsp3) is 0.733. The van der Waals surface area contributed by atoms with Crippen molar-refractivity contribution in [3.05, 3.63) is 24.0 Å². The van der Waals surface area contributed by atoms with Crippen molar-refractivity contribution in [2.75, 3.05) is 13.2 Å². The molecule has 1 unspecified atom stereocenters. The maximum Gasteiger partial charge on any atom is 0.0593 e. The molecule has 1 aromatic heterocycles. The minimum absolute atomic E-state index is 0.495. The first-order valence-electron chi connectivity index (χ1n) is 7.21. The molecule has 0 aromatic carbocycles. The van der Waals surface area contributed by atoms with Crippen molar-refractivity contribution >= 4 is 0 Å². The van der Waals surface area contributed by atoms with Crippen LogP contribution in [0.25, 0.3) is 0 Å². The zero-order valence-electron chi connectivity index (χ0n) is 11.7. The summed E-state index contributed by atoms with van der Waals surface area (Å²) in [7, 11) is 0. The first kappa shape index (κ1) is 13.6. The molecule has 2 rings (SSSR count). The average molecular weight is 250 g/mol. The van der Waals surface area contributed by atoms with Gasteiger partial charge in [-0.15, -0.1) is 0 Å². The predicted molar refractivity (Wildman–Crippen MR) is 74.6 cm³/mol. The minimum atomic E-state index is 0.495. The van der Waals surface area contributed by atoms with Gasteiger partial charge in [0.25, 0.3) is 0 Å². The van der Waals surface area contributed by atoms with Gasteiger partial charge >= 0.3 is 0 Å². The van der Waals surface area contributed by atoms with Crippen molar-refractivity contribution < 1.29 is 4.74 Å². The molecule has 3 heteroatoms. The number of hydrogen-bond acceptors (Lipinski definition) is 2. The molecule has 1 N–H and O–H groups in total. The molecule has 0 spiro atoms. The van der Waals surface area contributed by atoms with Crippen molar-refractivity contribution in [3.63, 3.8) is 0 Å². The van der Waals surface area contributed by atoms with E-state index in [0.29, 0.717) is 12.0 Å². The lowest BCUT2D eigenvalue weighted by Crippen LogP contribution is -2.18. The Hall–Kier alpha value is -0.800. The number of nitrogens with one attached hydrogen (secondary N) is 1. The van der Waals surface area contributed by atoms with E-state index in [-0.39, 0.29) is 0 Å². The first-order valence-corrected chi connectivity index (χ1v) is 7.21. The first-order chi connectivity index (χ1) is 8.74. The van der Waals surface area contributed by atoms with Crippen LogP contribution in [-0.2, 0) is 17.8 Å². The van der Waals surface area contributed by atoms with Crippen LogP contribution in [0.3, 0.4) is 0 Å². The summed E-state index contributed by atoms with van der Waals surface area (Å²) in [6, 6.07) is 2.21. The molecule has 1 fully saturated rings. The number of nitrogens with zero attached hydrogens (tertiary/aromatic N) is 1. The number of aryl methyl sites for hydroxylation is 1. The van der Waals surface area contributed by atoms with Gasteiger partial charge in [0.1, 0.15) is 0 Å². The van der Waals surface area contributed by atoms with Crippen LogP contribution in [0.2, 0.25) is 0 Å². The zero-order chi connectivity index (χ0) is 12.8. The standard InChI is InChI=1S/C15H26N2O/c1-13(2)10-16-11-14-5-7-17(12-14)8-6-15-4-3-9-18-15/h5,7,12-13,15-16H,3-4,6,8-11H2,1-2H3. The van der Waals surface area contributed by atoms with Gasteiger partial charge in [0.15, 0.2) is 0 Å². The van der Waals surface area contributed by atoms with E-state index in [0.717, 1.165) is 32.7 Å². The third kappa shape index (κ3) is 4.46. The van der Waals surface area contributed by atoms with Gasteiger partial charge in [0.2, 0.25) is 0 Å². The van der Waals surface area contributed by atoms with Crippen molar-refractivity contribution in [1.82, 2.24) is 9.88 Å². The Morgan fingerprint density at radius 1 is 1.50 bits per heavy atom. The number of hydrogen-bond donors (Lipinski definition) is 1. The second-order valence-corrected chi connectivity index (χ2v) is 5.71. The summed E-state index contributed by atoms with van der Waals surface area (Å²) >= 11 is 0. The molecule has 0 radical (unpaired) electrons. The summed E-state index contributed by atoms with van der Waals surface area (Å²) in [5.74, 6) is 0.714. The van der Waals surface area contributed by atoms with Crippen LogP contribution in [0.5, 0.6) is 0 Å². The SMILES string of the molecule is CC(C)CNCc1ccn(CCC2CCCO2)c1. The maximum absolute atomic E-state index is 5.65. The second kappa shape index (κ2) is 6.95. The highest BCUT2D eigenvalue weighted by Gasteiger charge is 2.14. The fourth-order valence-electron chi connectivity index (χ4n) is 2.40. The Bertz CT molecular complexity index is 340. The highest BCUT2D eigenvalue weighted by atomic mass is 16.5. The highest BCUT2D eigenvalue weighted by Crippen LogP contribution is 2.16. The topological polar surface area (TPSA) is 26.2 Å². The predicted octanol–water partition coefficient (Wildman–Crippen LogP) is 2.80. The van der Waals surface area contributed by atoms with Crippen LogP contribution in [0.1, 0.15) is 38.7 Å². The molecule has 1 aliphatic rings. The van der Waals surface area contributed by atoms with Gasteiger partial charge < -0.3 is 14.6 Å². The Balaban J connectivity index is 1.68. The summed E-state index contributed by atoms with van der Waals surface area (Å²) in [6.45, 7) is 8.57. The molecule has 0 saturated carbocycles. The van der Waals surface area contributed by atoms with E-state index in [1.165, 1.54) is 18.4 Å². The fourth-order valence-corrected chi connectivity index (χ4v) is 2.40. The van der Waals surface area contributed by atoms with E-state index >= 15 is 0 Å².